The van der Waals surface area contributed by atoms with E-state index in [1.54, 1.807) is 12.1 Å². The molecule has 0 spiro atoms. The number of rotatable bonds is 6. The summed E-state index contributed by atoms with van der Waals surface area (Å²) in [5.74, 6) is -0.285. The van der Waals surface area contributed by atoms with E-state index in [-0.39, 0.29) is 11.8 Å². The van der Waals surface area contributed by atoms with Crippen molar-refractivity contribution >= 4 is 11.7 Å². The van der Waals surface area contributed by atoms with Crippen LogP contribution in [-0.2, 0) is 17.7 Å². The van der Waals surface area contributed by atoms with Crippen molar-refractivity contribution in [1.29, 1.82) is 0 Å². The monoisotopic (exact) mass is 357 g/mol. The van der Waals surface area contributed by atoms with Gasteiger partial charge in [0.2, 0.25) is 0 Å². The first kappa shape index (κ1) is 18.4. The lowest BCUT2D eigenvalue weighted by molar-refractivity contribution is 0.0384. The number of carbonyl (C=O) groups excluding carboxylic acids is 1. The molecule has 2 N–H and O–H groups in total. The molecular formula is C20H24FN3O2. The van der Waals surface area contributed by atoms with E-state index >= 15 is 0 Å². The van der Waals surface area contributed by atoms with Crippen molar-refractivity contribution in [2.45, 2.75) is 13.0 Å². The van der Waals surface area contributed by atoms with Crippen LogP contribution in [-0.4, -0.2) is 43.8 Å². The molecule has 138 valence electrons. The first-order chi connectivity index (χ1) is 12.7. The average Bonchev–Trinajstić information content (AvgIpc) is 2.68. The van der Waals surface area contributed by atoms with Crippen molar-refractivity contribution in [3.63, 3.8) is 0 Å². The molecule has 0 radical (unpaired) electrons. The molecule has 0 bridgehead atoms. The first-order valence-electron chi connectivity index (χ1n) is 8.87. The third-order valence-electron chi connectivity index (χ3n) is 4.40. The molecule has 0 atom stereocenters. The van der Waals surface area contributed by atoms with E-state index in [1.807, 2.05) is 24.3 Å². The van der Waals surface area contributed by atoms with Gasteiger partial charge in [-0.25, -0.2) is 9.18 Å². The Bertz CT molecular complexity index is 698. The molecule has 2 aromatic rings. The Balaban J connectivity index is 1.41. The van der Waals surface area contributed by atoms with Crippen LogP contribution in [0.25, 0.3) is 0 Å². The Morgan fingerprint density at radius 2 is 1.65 bits per heavy atom. The van der Waals surface area contributed by atoms with Gasteiger partial charge in [0.25, 0.3) is 0 Å². The molecule has 1 heterocycles. The maximum Gasteiger partial charge on any atom is 0.319 e. The normalized spacial score (nSPS) is 14.8. The molecular weight excluding hydrogens is 333 g/mol. The Kier molecular flexibility index (Phi) is 6.57. The zero-order valence-electron chi connectivity index (χ0n) is 14.7. The topological polar surface area (TPSA) is 53.6 Å². The number of morpholine rings is 1. The van der Waals surface area contributed by atoms with Gasteiger partial charge in [0.1, 0.15) is 5.82 Å². The van der Waals surface area contributed by atoms with E-state index in [1.165, 1.54) is 17.7 Å². The van der Waals surface area contributed by atoms with Gasteiger partial charge in [-0.2, -0.15) is 0 Å². The van der Waals surface area contributed by atoms with Crippen molar-refractivity contribution in [1.82, 2.24) is 10.2 Å². The van der Waals surface area contributed by atoms with E-state index in [4.69, 9.17) is 4.74 Å². The molecule has 0 unspecified atom stereocenters. The number of benzene rings is 2. The zero-order chi connectivity index (χ0) is 18.2. The average molecular weight is 357 g/mol. The van der Waals surface area contributed by atoms with E-state index in [9.17, 15) is 9.18 Å². The van der Waals surface area contributed by atoms with Gasteiger partial charge in [0.05, 0.1) is 13.2 Å². The number of nitrogens with zero attached hydrogens (tertiary/aromatic N) is 1. The molecule has 0 aliphatic carbocycles. The predicted octanol–water partition coefficient (Wildman–Crippen LogP) is 3.02. The van der Waals surface area contributed by atoms with Crippen LogP contribution in [0.3, 0.4) is 0 Å². The quantitative estimate of drug-likeness (QED) is 0.836. The standard InChI is InChI=1S/C20H24FN3O2/c21-18-5-1-17(2-6-18)15-22-20(25)23-19-7-3-16(4-8-19)9-10-24-11-13-26-14-12-24/h1-8H,9-15H2,(H2,22,23,25). The van der Waals surface area contributed by atoms with Gasteiger partial charge in [-0.3, -0.25) is 4.90 Å². The molecule has 1 fully saturated rings. The second kappa shape index (κ2) is 9.31. The highest BCUT2D eigenvalue weighted by molar-refractivity contribution is 5.89. The fourth-order valence-corrected chi connectivity index (χ4v) is 2.83. The summed E-state index contributed by atoms with van der Waals surface area (Å²) in [6.07, 6.45) is 0.983. The molecule has 2 aromatic carbocycles. The molecule has 5 nitrogen and oxygen atoms in total. The minimum absolute atomic E-state index is 0.282. The maximum absolute atomic E-state index is 12.9. The fraction of sp³-hybridized carbons (Fsp3) is 0.350. The van der Waals surface area contributed by atoms with Crippen LogP contribution in [0.5, 0.6) is 0 Å². The molecule has 6 heteroatoms. The summed E-state index contributed by atoms with van der Waals surface area (Å²) >= 11 is 0. The highest BCUT2D eigenvalue weighted by Gasteiger charge is 2.09. The Morgan fingerprint density at radius 3 is 2.35 bits per heavy atom. The number of halogens is 1. The second-order valence-electron chi connectivity index (χ2n) is 6.34. The molecule has 1 aliphatic heterocycles. The lowest BCUT2D eigenvalue weighted by atomic mass is 10.1. The number of nitrogens with one attached hydrogen (secondary N) is 2. The summed E-state index contributed by atoms with van der Waals surface area (Å²) in [6, 6.07) is 13.7. The van der Waals surface area contributed by atoms with Gasteiger partial charge in [-0.1, -0.05) is 24.3 Å². The van der Waals surface area contributed by atoms with Crippen molar-refractivity contribution in [2.75, 3.05) is 38.2 Å². The lowest BCUT2D eigenvalue weighted by Crippen LogP contribution is -2.37. The van der Waals surface area contributed by atoms with Crippen molar-refractivity contribution in [2.24, 2.45) is 0 Å². The van der Waals surface area contributed by atoms with Gasteiger partial charge in [0.15, 0.2) is 0 Å². The number of urea groups is 1. The van der Waals surface area contributed by atoms with Crippen LogP contribution < -0.4 is 10.6 Å². The number of hydrogen-bond acceptors (Lipinski definition) is 3. The molecule has 1 aliphatic rings. The number of hydrogen-bond donors (Lipinski definition) is 2. The number of amides is 2. The summed E-state index contributed by atoms with van der Waals surface area (Å²) in [7, 11) is 0. The van der Waals surface area contributed by atoms with Crippen LogP contribution in [0, 0.1) is 5.82 Å². The van der Waals surface area contributed by atoms with Crippen LogP contribution in [0.4, 0.5) is 14.9 Å². The highest BCUT2D eigenvalue weighted by atomic mass is 19.1. The van der Waals surface area contributed by atoms with Crippen LogP contribution in [0.1, 0.15) is 11.1 Å². The second-order valence-corrected chi connectivity index (χ2v) is 6.34. The summed E-state index contributed by atoms with van der Waals surface area (Å²) in [6.45, 7) is 4.99. The van der Waals surface area contributed by atoms with E-state index < -0.39 is 0 Å². The van der Waals surface area contributed by atoms with Gasteiger partial charge in [-0.05, 0) is 41.8 Å². The van der Waals surface area contributed by atoms with Gasteiger partial charge >= 0.3 is 6.03 Å². The number of carbonyl (C=O) groups is 1. The molecule has 0 aromatic heterocycles. The molecule has 3 rings (SSSR count). The Morgan fingerprint density at radius 1 is 1.00 bits per heavy atom. The number of anilines is 1. The van der Waals surface area contributed by atoms with Crippen LogP contribution >= 0.6 is 0 Å². The largest absolute Gasteiger partial charge is 0.379 e. The molecule has 1 saturated heterocycles. The van der Waals surface area contributed by atoms with Crippen molar-refractivity contribution in [3.8, 4) is 0 Å². The van der Waals surface area contributed by atoms with Crippen LogP contribution in [0.2, 0.25) is 0 Å². The summed E-state index contributed by atoms with van der Waals surface area (Å²) in [5, 5.41) is 5.56. The third kappa shape index (κ3) is 5.82. The summed E-state index contributed by atoms with van der Waals surface area (Å²) < 4.78 is 18.2. The third-order valence-corrected chi connectivity index (χ3v) is 4.40. The van der Waals surface area contributed by atoms with Gasteiger partial charge < -0.3 is 15.4 Å². The first-order valence-corrected chi connectivity index (χ1v) is 8.87. The van der Waals surface area contributed by atoms with Crippen molar-refractivity contribution in [3.05, 3.63) is 65.5 Å². The minimum atomic E-state index is -0.285. The van der Waals surface area contributed by atoms with Crippen molar-refractivity contribution < 1.29 is 13.9 Å². The molecule has 2 amide bonds. The fourth-order valence-electron chi connectivity index (χ4n) is 2.83. The van der Waals surface area contributed by atoms with Gasteiger partial charge in [0, 0.05) is 31.9 Å². The molecule has 26 heavy (non-hydrogen) atoms. The lowest BCUT2D eigenvalue weighted by Gasteiger charge is -2.26. The van der Waals surface area contributed by atoms with E-state index in [0.29, 0.717) is 6.54 Å². The van der Waals surface area contributed by atoms with Crippen LogP contribution in [0.15, 0.2) is 48.5 Å². The zero-order valence-corrected chi connectivity index (χ0v) is 14.7. The Labute approximate surface area is 153 Å². The highest BCUT2D eigenvalue weighted by Crippen LogP contribution is 2.11. The molecule has 0 saturated carbocycles. The summed E-state index contributed by atoms with van der Waals surface area (Å²) in [4.78, 5) is 14.4. The maximum atomic E-state index is 12.9. The number of ether oxygens (including phenoxy) is 1. The van der Waals surface area contributed by atoms with Gasteiger partial charge in [-0.15, -0.1) is 0 Å². The SMILES string of the molecule is O=C(NCc1ccc(F)cc1)Nc1ccc(CCN2CCOCC2)cc1. The van der Waals surface area contributed by atoms with E-state index in [0.717, 1.165) is 50.5 Å². The smallest absolute Gasteiger partial charge is 0.319 e. The van der Waals surface area contributed by atoms with E-state index in [2.05, 4.69) is 15.5 Å². The summed E-state index contributed by atoms with van der Waals surface area (Å²) in [5.41, 5.74) is 2.84. The minimum Gasteiger partial charge on any atom is -0.379 e. The Hall–Kier alpha value is -2.44. The predicted molar refractivity (Wildman–Crippen MR) is 99.7 cm³/mol.